The van der Waals surface area contributed by atoms with Crippen molar-refractivity contribution in [3.63, 3.8) is 0 Å². The van der Waals surface area contributed by atoms with Crippen LogP contribution >= 0.6 is 0 Å². The van der Waals surface area contributed by atoms with E-state index in [1.165, 1.54) is 32.1 Å². The summed E-state index contributed by atoms with van der Waals surface area (Å²) in [6.07, 6.45) is 12.7. The largest absolute Gasteiger partial charge is 0.352 e. The molecule has 1 aromatic carbocycles. The molecule has 5 amide bonds. The lowest BCUT2D eigenvalue weighted by atomic mass is 9.81. The fraction of sp³-hybridized carbons (Fsp3) is 0.725. The zero-order chi connectivity index (χ0) is 37.1. The topological polar surface area (TPSA) is 149 Å². The van der Waals surface area contributed by atoms with E-state index in [2.05, 4.69) is 33.5 Å². The van der Waals surface area contributed by atoms with Gasteiger partial charge in [-0.05, 0) is 81.0 Å². The number of carbonyl (C=O) groups excluding carboxylic acids is 5. The van der Waals surface area contributed by atoms with Crippen LogP contribution in [0.25, 0.3) is 0 Å². The van der Waals surface area contributed by atoms with Crippen LogP contribution in [0.3, 0.4) is 0 Å². The maximum Gasteiger partial charge on any atom is 0.251 e. The summed E-state index contributed by atoms with van der Waals surface area (Å²) in [5.41, 5.74) is 0.281. The van der Waals surface area contributed by atoms with Crippen molar-refractivity contribution in [3.8, 4) is 0 Å². The molecule has 0 bridgehead atoms. The van der Waals surface area contributed by atoms with Crippen molar-refractivity contribution in [2.24, 2.45) is 23.2 Å². The smallest absolute Gasteiger partial charge is 0.251 e. The first kappa shape index (κ1) is 40.3. The van der Waals surface area contributed by atoms with Gasteiger partial charge in [0, 0.05) is 36.8 Å². The Bertz CT molecular complexity index is 1350. The molecule has 2 aliphatic carbocycles. The summed E-state index contributed by atoms with van der Waals surface area (Å²) in [6, 6.07) is 4.58. The number of hydrogen-bond acceptors (Lipinski definition) is 6. The van der Waals surface area contributed by atoms with Crippen LogP contribution in [0.4, 0.5) is 0 Å². The minimum absolute atomic E-state index is 0.180. The molecular weight excluding hydrogens is 644 g/mol. The Morgan fingerprint density at radius 2 is 1.33 bits per heavy atom. The van der Waals surface area contributed by atoms with Crippen molar-refractivity contribution < 1.29 is 24.0 Å². The second-order valence-corrected chi connectivity index (χ2v) is 16.4. The minimum atomic E-state index is -0.791. The van der Waals surface area contributed by atoms with Crippen LogP contribution in [-0.4, -0.2) is 85.3 Å². The predicted octanol–water partition coefficient (Wildman–Crippen LogP) is 4.56. The van der Waals surface area contributed by atoms with Crippen LogP contribution in [0, 0.1) is 23.2 Å². The van der Waals surface area contributed by atoms with E-state index in [0.29, 0.717) is 48.9 Å². The van der Waals surface area contributed by atoms with Gasteiger partial charge in [0.05, 0.1) is 6.04 Å². The average Bonchev–Trinajstić information content (AvgIpc) is 3.64. The van der Waals surface area contributed by atoms with E-state index >= 15 is 0 Å². The average molecular weight is 709 g/mol. The van der Waals surface area contributed by atoms with E-state index in [-0.39, 0.29) is 48.0 Å². The van der Waals surface area contributed by atoms with Gasteiger partial charge < -0.3 is 31.5 Å². The van der Waals surface area contributed by atoms with Crippen molar-refractivity contribution in [1.82, 2.24) is 31.5 Å². The molecule has 0 spiro atoms. The number of nitrogens with one attached hydrogen (secondary N) is 5. The fourth-order valence-electron chi connectivity index (χ4n) is 8.00. The van der Waals surface area contributed by atoms with Crippen molar-refractivity contribution in [1.29, 1.82) is 0 Å². The third kappa shape index (κ3) is 11.3. The van der Waals surface area contributed by atoms with E-state index in [1.807, 2.05) is 20.8 Å². The number of rotatable bonds is 14. The number of hydrogen-bond donors (Lipinski definition) is 5. The summed E-state index contributed by atoms with van der Waals surface area (Å²) < 4.78 is 0. The number of likely N-dealkylation sites (N-methyl/N-ethyl adjacent to an activating group) is 1. The molecule has 284 valence electrons. The van der Waals surface area contributed by atoms with Gasteiger partial charge in [0.2, 0.25) is 17.7 Å². The van der Waals surface area contributed by atoms with Crippen LogP contribution in [0.5, 0.6) is 0 Å². The van der Waals surface area contributed by atoms with Gasteiger partial charge in [-0.25, -0.2) is 0 Å². The maximum atomic E-state index is 14.0. The molecule has 5 N–H and O–H groups in total. The molecule has 0 radical (unpaired) electrons. The lowest BCUT2D eigenvalue weighted by Crippen LogP contribution is -2.60. The van der Waals surface area contributed by atoms with E-state index in [4.69, 9.17) is 0 Å². The molecule has 3 fully saturated rings. The Labute approximate surface area is 305 Å². The molecule has 11 nitrogen and oxygen atoms in total. The summed E-state index contributed by atoms with van der Waals surface area (Å²) in [6.45, 7) is 11.0. The summed E-state index contributed by atoms with van der Waals surface area (Å²) in [5.74, 6) is 0.0195. The van der Waals surface area contributed by atoms with E-state index < -0.39 is 23.5 Å². The fourth-order valence-corrected chi connectivity index (χ4v) is 8.00. The molecule has 4 rings (SSSR count). The highest BCUT2D eigenvalue weighted by Crippen LogP contribution is 2.30. The van der Waals surface area contributed by atoms with Crippen molar-refractivity contribution >= 4 is 29.5 Å². The first-order valence-electron chi connectivity index (χ1n) is 19.5. The van der Waals surface area contributed by atoms with Gasteiger partial charge in [-0.15, -0.1) is 0 Å². The number of nitrogens with zero attached hydrogens (tertiary/aromatic N) is 1. The SMILES string of the molecule is CN[C@@H](C)C(=O)N[C@H](C(=O)N1CCC[C@H]1C(=O)N[C@H](CNC(=O)c1cccc(C(=O)NC[C@@H](C)C2CCCCC2)c1)C1CCCCC1)C(C)(C)C. The lowest BCUT2D eigenvalue weighted by Gasteiger charge is -2.37. The molecule has 11 heteroatoms. The summed E-state index contributed by atoms with van der Waals surface area (Å²) >= 11 is 0. The van der Waals surface area contributed by atoms with Crippen LogP contribution in [0.15, 0.2) is 24.3 Å². The third-order valence-electron chi connectivity index (χ3n) is 11.5. The highest BCUT2D eigenvalue weighted by Gasteiger charge is 2.43. The lowest BCUT2D eigenvalue weighted by molar-refractivity contribution is -0.144. The van der Waals surface area contributed by atoms with Crippen LogP contribution in [-0.2, 0) is 14.4 Å². The monoisotopic (exact) mass is 708 g/mol. The second-order valence-electron chi connectivity index (χ2n) is 16.4. The van der Waals surface area contributed by atoms with Crippen LogP contribution < -0.4 is 26.6 Å². The quantitative estimate of drug-likeness (QED) is 0.192. The molecule has 1 aliphatic heterocycles. The molecular formula is C40H64N6O5. The maximum absolute atomic E-state index is 14.0. The van der Waals surface area contributed by atoms with Crippen molar-refractivity contribution in [3.05, 3.63) is 35.4 Å². The highest BCUT2D eigenvalue weighted by atomic mass is 16.2. The molecule has 3 aliphatic rings. The van der Waals surface area contributed by atoms with E-state index in [9.17, 15) is 24.0 Å². The number of amides is 5. The zero-order valence-electron chi connectivity index (χ0n) is 31.9. The molecule has 1 heterocycles. The first-order chi connectivity index (χ1) is 24.3. The Balaban J connectivity index is 1.39. The van der Waals surface area contributed by atoms with Gasteiger partial charge in [0.1, 0.15) is 12.1 Å². The predicted molar refractivity (Wildman–Crippen MR) is 200 cm³/mol. The van der Waals surface area contributed by atoms with Gasteiger partial charge in [0.25, 0.3) is 11.8 Å². The van der Waals surface area contributed by atoms with Crippen molar-refractivity contribution in [2.45, 2.75) is 136 Å². The van der Waals surface area contributed by atoms with Crippen LogP contribution in [0.1, 0.15) is 132 Å². The Morgan fingerprint density at radius 3 is 1.90 bits per heavy atom. The Morgan fingerprint density at radius 1 is 0.765 bits per heavy atom. The Kier molecular flexibility index (Phi) is 14.9. The molecule has 5 atom stereocenters. The molecule has 0 aromatic heterocycles. The standard InChI is InChI=1S/C40H64N6O5/c1-26(28-15-9-7-10-16-28)24-42-36(48)30-19-13-20-31(23-30)37(49)43-25-32(29-17-11-8-12-18-29)44-38(50)33-21-14-22-46(33)39(51)34(40(3,4)5)45-35(47)27(2)41-6/h13,19-20,23,26-29,32-34,41H,7-12,14-18,21-22,24-25H2,1-6H3,(H,42,48)(H,43,49)(H,44,50)(H,45,47)/t26-,27+,32-,33+,34-/m1/s1. The van der Waals surface area contributed by atoms with Gasteiger partial charge in [-0.1, -0.05) is 85.1 Å². The molecule has 2 saturated carbocycles. The van der Waals surface area contributed by atoms with Gasteiger partial charge in [0.15, 0.2) is 0 Å². The third-order valence-corrected chi connectivity index (χ3v) is 11.5. The van der Waals surface area contributed by atoms with Gasteiger partial charge >= 0.3 is 0 Å². The molecule has 1 aromatic rings. The number of benzene rings is 1. The second kappa shape index (κ2) is 18.9. The molecule has 1 saturated heterocycles. The number of carbonyl (C=O) groups is 5. The summed E-state index contributed by atoms with van der Waals surface area (Å²) in [7, 11) is 1.69. The van der Waals surface area contributed by atoms with Gasteiger partial charge in [-0.3, -0.25) is 24.0 Å². The van der Waals surface area contributed by atoms with E-state index in [0.717, 1.165) is 32.1 Å². The number of likely N-dealkylation sites (tertiary alicyclic amines) is 1. The Hall–Kier alpha value is -3.47. The summed E-state index contributed by atoms with van der Waals surface area (Å²) in [5, 5.41) is 15.2. The molecule has 51 heavy (non-hydrogen) atoms. The van der Waals surface area contributed by atoms with E-state index in [1.54, 1.807) is 43.1 Å². The van der Waals surface area contributed by atoms with Crippen molar-refractivity contribution in [2.75, 3.05) is 26.7 Å². The highest BCUT2D eigenvalue weighted by molar-refractivity contribution is 5.99. The zero-order valence-corrected chi connectivity index (χ0v) is 31.9. The normalized spacial score (nSPS) is 21.2. The molecule has 0 unspecified atom stereocenters. The van der Waals surface area contributed by atoms with Crippen LogP contribution in [0.2, 0.25) is 0 Å². The summed E-state index contributed by atoms with van der Waals surface area (Å²) in [4.78, 5) is 68.8. The first-order valence-corrected chi connectivity index (χ1v) is 19.5. The minimum Gasteiger partial charge on any atom is -0.352 e. The van der Waals surface area contributed by atoms with Gasteiger partial charge in [-0.2, -0.15) is 0 Å².